The Bertz CT molecular complexity index is 830. The molecule has 1 amide bonds. The van der Waals surface area contributed by atoms with Crippen LogP contribution in [0.5, 0.6) is 5.75 Å². The maximum Gasteiger partial charge on any atom is 0.277 e. The number of hydrogen-bond donors (Lipinski definition) is 1. The van der Waals surface area contributed by atoms with Crippen LogP contribution in [0.1, 0.15) is 29.4 Å². The van der Waals surface area contributed by atoms with Crippen molar-refractivity contribution in [2.24, 2.45) is 0 Å². The number of nitrogens with one attached hydrogen (secondary N) is 1. The second kappa shape index (κ2) is 8.10. The Morgan fingerprint density at radius 1 is 1.12 bits per heavy atom. The van der Waals surface area contributed by atoms with Gasteiger partial charge in [-0.15, -0.1) is 5.10 Å². The summed E-state index contributed by atoms with van der Waals surface area (Å²) in [4.78, 5) is 12.4. The molecule has 128 valence electrons. The average Bonchev–Trinajstić information content (AvgIpc) is 3.10. The molecule has 0 aliphatic heterocycles. The summed E-state index contributed by atoms with van der Waals surface area (Å²) in [5.74, 6) is 0.334. The van der Waals surface area contributed by atoms with Gasteiger partial charge < -0.3 is 10.1 Å². The molecule has 0 unspecified atom stereocenters. The first-order valence-corrected chi connectivity index (χ1v) is 8.23. The van der Waals surface area contributed by atoms with Crippen molar-refractivity contribution in [2.45, 2.75) is 19.9 Å². The van der Waals surface area contributed by atoms with Crippen molar-refractivity contribution in [1.82, 2.24) is 15.0 Å². The molecule has 0 saturated heterocycles. The minimum atomic E-state index is -0.313. The first-order valence-electron chi connectivity index (χ1n) is 8.23. The number of hydrogen-bond acceptors (Lipinski definition) is 4. The van der Waals surface area contributed by atoms with E-state index in [1.54, 1.807) is 16.9 Å². The van der Waals surface area contributed by atoms with Crippen molar-refractivity contribution in [3.05, 3.63) is 72.1 Å². The number of ether oxygens (including phenoxy) is 1. The molecule has 0 radical (unpaired) electrons. The van der Waals surface area contributed by atoms with Crippen LogP contribution in [-0.2, 0) is 6.54 Å². The molecule has 0 fully saturated rings. The summed E-state index contributed by atoms with van der Waals surface area (Å²) >= 11 is 0. The summed E-state index contributed by atoms with van der Waals surface area (Å²) in [6, 6.07) is 17.2. The van der Waals surface area contributed by atoms with Crippen molar-refractivity contribution in [1.29, 1.82) is 0 Å². The fraction of sp³-hybridized carbons (Fsp3) is 0.211. The van der Waals surface area contributed by atoms with Gasteiger partial charge in [0.2, 0.25) is 0 Å². The molecule has 6 nitrogen and oxygen atoms in total. The summed E-state index contributed by atoms with van der Waals surface area (Å²) in [5.41, 5.74) is 1.98. The van der Waals surface area contributed by atoms with E-state index in [1.165, 1.54) is 0 Å². The normalized spacial score (nSPS) is 10.4. The van der Waals surface area contributed by atoms with Crippen molar-refractivity contribution in [2.75, 3.05) is 11.9 Å². The summed E-state index contributed by atoms with van der Waals surface area (Å²) in [6.07, 6.45) is 2.54. The third-order valence-electron chi connectivity index (χ3n) is 3.56. The third kappa shape index (κ3) is 4.44. The van der Waals surface area contributed by atoms with E-state index in [4.69, 9.17) is 4.74 Å². The van der Waals surface area contributed by atoms with Crippen molar-refractivity contribution in [3.8, 4) is 5.75 Å². The average molecular weight is 336 g/mol. The van der Waals surface area contributed by atoms with E-state index >= 15 is 0 Å². The van der Waals surface area contributed by atoms with Crippen LogP contribution < -0.4 is 10.1 Å². The molecule has 0 aliphatic carbocycles. The molecule has 25 heavy (non-hydrogen) atoms. The topological polar surface area (TPSA) is 69.0 Å². The van der Waals surface area contributed by atoms with Crippen LogP contribution in [0.2, 0.25) is 0 Å². The third-order valence-corrected chi connectivity index (χ3v) is 3.56. The highest BCUT2D eigenvalue weighted by Gasteiger charge is 2.13. The van der Waals surface area contributed by atoms with Gasteiger partial charge in [0.25, 0.3) is 5.91 Å². The van der Waals surface area contributed by atoms with Crippen LogP contribution in [0.25, 0.3) is 0 Å². The summed E-state index contributed by atoms with van der Waals surface area (Å²) < 4.78 is 7.29. The molecule has 0 atom stereocenters. The van der Waals surface area contributed by atoms with Crippen LogP contribution in [-0.4, -0.2) is 27.5 Å². The van der Waals surface area contributed by atoms with E-state index in [0.29, 0.717) is 24.6 Å². The highest BCUT2D eigenvalue weighted by atomic mass is 16.5. The maximum atomic E-state index is 12.4. The van der Waals surface area contributed by atoms with Gasteiger partial charge >= 0.3 is 0 Å². The van der Waals surface area contributed by atoms with E-state index in [-0.39, 0.29) is 11.6 Å². The summed E-state index contributed by atoms with van der Waals surface area (Å²) in [7, 11) is 0. The molecule has 2 aromatic carbocycles. The summed E-state index contributed by atoms with van der Waals surface area (Å²) in [5, 5.41) is 10.8. The first kappa shape index (κ1) is 16.7. The van der Waals surface area contributed by atoms with Crippen molar-refractivity contribution < 1.29 is 9.53 Å². The molecule has 1 N–H and O–H groups in total. The SMILES string of the molecule is CCCOc1ccccc1NC(=O)c1cn(Cc2ccccc2)nn1. The predicted octanol–water partition coefficient (Wildman–Crippen LogP) is 3.37. The van der Waals surface area contributed by atoms with Crippen LogP contribution in [0.15, 0.2) is 60.8 Å². The molecule has 3 aromatic rings. The van der Waals surface area contributed by atoms with Crippen LogP contribution >= 0.6 is 0 Å². The molecule has 0 aliphatic rings. The molecule has 6 heteroatoms. The Morgan fingerprint density at radius 3 is 2.68 bits per heavy atom. The number of carbonyl (C=O) groups excluding carboxylic acids is 1. The van der Waals surface area contributed by atoms with Crippen molar-refractivity contribution in [3.63, 3.8) is 0 Å². The monoisotopic (exact) mass is 336 g/mol. The smallest absolute Gasteiger partial charge is 0.277 e. The molecule has 1 heterocycles. The Kier molecular flexibility index (Phi) is 5.41. The molecular formula is C19H20N4O2. The van der Waals surface area contributed by atoms with E-state index in [2.05, 4.69) is 15.6 Å². The minimum absolute atomic E-state index is 0.265. The lowest BCUT2D eigenvalue weighted by molar-refractivity contribution is 0.102. The predicted molar refractivity (Wildman–Crippen MR) is 95.7 cm³/mol. The van der Waals surface area contributed by atoms with Crippen LogP contribution in [0.3, 0.4) is 0 Å². The lowest BCUT2D eigenvalue weighted by atomic mass is 10.2. The highest BCUT2D eigenvalue weighted by molar-refractivity contribution is 6.03. The Labute approximate surface area is 146 Å². The summed E-state index contributed by atoms with van der Waals surface area (Å²) in [6.45, 7) is 3.20. The molecule has 0 saturated carbocycles. The lowest BCUT2D eigenvalue weighted by Gasteiger charge is -2.10. The van der Waals surface area contributed by atoms with Gasteiger partial charge in [-0.1, -0.05) is 54.6 Å². The van der Waals surface area contributed by atoms with Gasteiger partial charge in [0.15, 0.2) is 5.69 Å². The fourth-order valence-corrected chi connectivity index (χ4v) is 2.34. The van der Waals surface area contributed by atoms with Gasteiger partial charge in [-0.05, 0) is 24.1 Å². The van der Waals surface area contributed by atoms with Crippen molar-refractivity contribution >= 4 is 11.6 Å². The number of carbonyl (C=O) groups is 1. The highest BCUT2D eigenvalue weighted by Crippen LogP contribution is 2.24. The minimum Gasteiger partial charge on any atom is -0.491 e. The molecule has 1 aromatic heterocycles. The quantitative estimate of drug-likeness (QED) is 0.718. The van der Waals surface area contributed by atoms with Gasteiger partial charge in [-0.2, -0.15) is 0 Å². The largest absolute Gasteiger partial charge is 0.491 e. The Balaban J connectivity index is 1.68. The van der Waals surface area contributed by atoms with E-state index in [0.717, 1.165) is 12.0 Å². The maximum absolute atomic E-state index is 12.4. The second-order valence-electron chi connectivity index (χ2n) is 5.59. The standard InChI is InChI=1S/C19H20N4O2/c1-2-12-25-18-11-7-6-10-16(18)20-19(24)17-14-23(22-21-17)13-15-8-4-3-5-9-15/h3-11,14H,2,12-13H2,1H3,(H,20,24). The zero-order chi connectivity index (χ0) is 17.5. The number of rotatable bonds is 7. The zero-order valence-corrected chi connectivity index (χ0v) is 14.1. The van der Waals surface area contributed by atoms with Gasteiger partial charge in [0.05, 0.1) is 25.0 Å². The van der Waals surface area contributed by atoms with E-state index < -0.39 is 0 Å². The number of anilines is 1. The van der Waals surface area contributed by atoms with Gasteiger partial charge in [-0.25, -0.2) is 4.68 Å². The zero-order valence-electron chi connectivity index (χ0n) is 14.1. The van der Waals surface area contributed by atoms with E-state index in [1.807, 2.05) is 55.5 Å². The van der Waals surface area contributed by atoms with Gasteiger partial charge in [0, 0.05) is 0 Å². The molecular weight excluding hydrogens is 316 g/mol. The van der Waals surface area contributed by atoms with Gasteiger partial charge in [0.1, 0.15) is 5.75 Å². The first-order chi connectivity index (χ1) is 12.3. The molecule has 3 rings (SSSR count). The Hall–Kier alpha value is -3.15. The number of benzene rings is 2. The Morgan fingerprint density at radius 2 is 1.88 bits per heavy atom. The molecule has 0 spiro atoms. The fourth-order valence-electron chi connectivity index (χ4n) is 2.34. The van der Waals surface area contributed by atoms with E-state index in [9.17, 15) is 4.79 Å². The van der Waals surface area contributed by atoms with Crippen LogP contribution in [0, 0.1) is 0 Å². The lowest BCUT2D eigenvalue weighted by Crippen LogP contribution is -2.13. The number of aromatic nitrogens is 3. The number of nitrogens with zero attached hydrogens (tertiary/aromatic N) is 3. The number of para-hydroxylation sites is 2. The number of amides is 1. The van der Waals surface area contributed by atoms with Gasteiger partial charge in [-0.3, -0.25) is 4.79 Å². The second-order valence-corrected chi connectivity index (χ2v) is 5.59. The van der Waals surface area contributed by atoms with Crippen LogP contribution in [0.4, 0.5) is 5.69 Å². The molecule has 0 bridgehead atoms.